The number of thioether (sulfide) groups is 1. The first-order valence-electron chi connectivity index (χ1n) is 11.5. The summed E-state index contributed by atoms with van der Waals surface area (Å²) in [7, 11) is 1.57. The predicted octanol–water partition coefficient (Wildman–Crippen LogP) is 4.45. The molecule has 1 saturated heterocycles. The fourth-order valence-electron chi connectivity index (χ4n) is 4.22. The first-order valence-corrected chi connectivity index (χ1v) is 12.7. The number of anilines is 1. The first-order chi connectivity index (χ1) is 18.3. The molecular formula is C27H21FN4O4S2. The Morgan fingerprint density at radius 2 is 1.87 bits per heavy atom. The molecule has 11 heteroatoms. The average molecular weight is 549 g/mol. The van der Waals surface area contributed by atoms with Gasteiger partial charge in [-0.3, -0.25) is 19.1 Å². The predicted molar refractivity (Wildman–Crippen MR) is 146 cm³/mol. The Balaban J connectivity index is 1.48. The van der Waals surface area contributed by atoms with Gasteiger partial charge in [-0.25, -0.2) is 4.39 Å². The van der Waals surface area contributed by atoms with Crippen LogP contribution in [-0.4, -0.2) is 26.5 Å². The smallest absolute Gasteiger partial charge is 0.270 e. The van der Waals surface area contributed by atoms with Gasteiger partial charge in [-0.05, 0) is 54.0 Å². The lowest BCUT2D eigenvalue weighted by Gasteiger charge is -2.18. The third-order valence-corrected chi connectivity index (χ3v) is 7.68. The maximum atomic E-state index is 13.3. The SMILES string of the molecule is Cc1c(/C=C2/SC(=S)N(Cc3ccc(F)cc3)C2=O)c(NCc2ccc3c(c2)OCO3)n(C)c(=O)c1C#N. The van der Waals surface area contributed by atoms with Gasteiger partial charge in [0.15, 0.2) is 11.5 Å². The standard InChI is InChI=1S/C27H21FN4O4S2/c1-15-19(10-23-26(34)32(27(37)38-23)13-16-3-6-18(28)7-4-16)24(31(2)25(33)20(15)11-29)30-12-17-5-8-21-22(9-17)36-14-35-21/h3-10,30H,12-14H2,1-2H3/b23-10+. The number of thiocarbonyl (C=S) groups is 1. The van der Waals surface area contributed by atoms with Crippen LogP contribution in [0.25, 0.3) is 6.08 Å². The maximum absolute atomic E-state index is 13.3. The number of rotatable bonds is 6. The molecule has 0 bridgehead atoms. The fourth-order valence-corrected chi connectivity index (χ4v) is 5.46. The van der Waals surface area contributed by atoms with Crippen LogP contribution >= 0.6 is 24.0 Å². The molecule has 3 aromatic rings. The lowest BCUT2D eigenvalue weighted by molar-refractivity contribution is -0.122. The highest BCUT2D eigenvalue weighted by molar-refractivity contribution is 8.26. The molecule has 38 heavy (non-hydrogen) atoms. The Kier molecular flexibility index (Phi) is 6.93. The molecule has 0 atom stereocenters. The zero-order valence-corrected chi connectivity index (χ0v) is 22.0. The van der Waals surface area contributed by atoms with Crippen LogP contribution in [0.15, 0.2) is 52.2 Å². The number of hydrogen-bond donors (Lipinski definition) is 1. The van der Waals surface area contributed by atoms with Gasteiger partial charge in [0.25, 0.3) is 11.5 Å². The minimum absolute atomic E-state index is 0.00540. The van der Waals surface area contributed by atoms with Crippen molar-refractivity contribution in [3.05, 3.63) is 91.4 Å². The Bertz CT molecular complexity index is 1610. The monoisotopic (exact) mass is 548 g/mol. The largest absolute Gasteiger partial charge is 0.454 e. The number of nitriles is 1. The van der Waals surface area contributed by atoms with Crippen LogP contribution in [0.4, 0.5) is 10.2 Å². The van der Waals surface area contributed by atoms with Gasteiger partial charge in [0, 0.05) is 19.2 Å². The molecule has 0 radical (unpaired) electrons. The molecule has 0 unspecified atom stereocenters. The highest BCUT2D eigenvalue weighted by atomic mass is 32.2. The summed E-state index contributed by atoms with van der Waals surface area (Å²) >= 11 is 6.59. The van der Waals surface area contributed by atoms with Crippen LogP contribution in [0.2, 0.25) is 0 Å². The van der Waals surface area contributed by atoms with Crippen LogP contribution in [0.5, 0.6) is 11.5 Å². The van der Waals surface area contributed by atoms with Gasteiger partial charge in [0.05, 0.1) is 11.4 Å². The van der Waals surface area contributed by atoms with Crippen LogP contribution in [0, 0.1) is 24.1 Å². The number of amides is 1. The molecule has 1 N–H and O–H groups in total. The van der Waals surface area contributed by atoms with E-state index in [1.54, 1.807) is 32.2 Å². The molecule has 0 spiro atoms. The van der Waals surface area contributed by atoms with E-state index >= 15 is 0 Å². The van der Waals surface area contributed by atoms with E-state index in [4.69, 9.17) is 21.7 Å². The fraction of sp³-hybridized carbons (Fsp3) is 0.185. The summed E-state index contributed by atoms with van der Waals surface area (Å²) in [6.45, 7) is 2.39. The van der Waals surface area contributed by atoms with E-state index in [1.807, 2.05) is 24.3 Å². The summed E-state index contributed by atoms with van der Waals surface area (Å²) in [6, 6.07) is 13.4. The zero-order chi connectivity index (χ0) is 27.0. The van der Waals surface area contributed by atoms with Crippen molar-refractivity contribution in [1.82, 2.24) is 9.47 Å². The maximum Gasteiger partial charge on any atom is 0.270 e. The topological polar surface area (TPSA) is 96.6 Å². The van der Waals surface area contributed by atoms with Gasteiger partial charge in [0.1, 0.15) is 27.6 Å². The highest BCUT2D eigenvalue weighted by Crippen LogP contribution is 2.36. The molecule has 0 aliphatic carbocycles. The number of carbonyl (C=O) groups is 1. The van der Waals surface area contributed by atoms with Crippen molar-refractivity contribution in [3.63, 3.8) is 0 Å². The normalized spacial score (nSPS) is 15.3. The number of fused-ring (bicyclic) bond motifs is 1. The molecule has 0 saturated carbocycles. The lowest BCUT2D eigenvalue weighted by Crippen LogP contribution is -2.27. The third-order valence-electron chi connectivity index (χ3n) is 6.30. The van der Waals surface area contributed by atoms with Crippen molar-refractivity contribution in [1.29, 1.82) is 5.26 Å². The van der Waals surface area contributed by atoms with Gasteiger partial charge < -0.3 is 14.8 Å². The van der Waals surface area contributed by atoms with Gasteiger partial charge in [-0.2, -0.15) is 5.26 Å². The van der Waals surface area contributed by atoms with E-state index in [1.165, 1.54) is 21.6 Å². The van der Waals surface area contributed by atoms with Crippen LogP contribution < -0.4 is 20.3 Å². The lowest BCUT2D eigenvalue weighted by atomic mass is 10.0. The second-order valence-corrected chi connectivity index (χ2v) is 10.3. The summed E-state index contributed by atoms with van der Waals surface area (Å²) in [5.41, 5.74) is 2.16. The number of nitrogens with one attached hydrogen (secondary N) is 1. The number of hydrogen-bond acceptors (Lipinski definition) is 8. The number of benzene rings is 2. The quantitative estimate of drug-likeness (QED) is 0.357. The number of halogens is 1. The molecular weight excluding hydrogens is 527 g/mol. The van der Waals surface area contributed by atoms with Crippen molar-refractivity contribution in [2.75, 3.05) is 12.1 Å². The number of nitrogens with zero attached hydrogens (tertiary/aromatic N) is 3. The third kappa shape index (κ3) is 4.76. The second kappa shape index (κ2) is 10.3. The number of carbonyl (C=O) groups excluding carboxylic acids is 1. The van der Waals surface area contributed by atoms with Crippen LogP contribution in [0.1, 0.15) is 27.8 Å². The molecule has 2 aromatic carbocycles. The van der Waals surface area contributed by atoms with Crippen LogP contribution in [-0.2, 0) is 24.9 Å². The Labute approximate surface area is 227 Å². The summed E-state index contributed by atoms with van der Waals surface area (Å²) in [5.74, 6) is 1.09. The average Bonchev–Trinajstić information content (AvgIpc) is 3.48. The van der Waals surface area contributed by atoms with Gasteiger partial charge in [0.2, 0.25) is 6.79 Å². The van der Waals surface area contributed by atoms with Crippen molar-refractivity contribution >= 4 is 46.1 Å². The number of pyridine rings is 1. The van der Waals surface area contributed by atoms with Crippen molar-refractivity contribution in [2.45, 2.75) is 20.0 Å². The van der Waals surface area contributed by atoms with Crippen molar-refractivity contribution in [3.8, 4) is 17.6 Å². The number of ether oxygens (including phenoxy) is 2. The minimum Gasteiger partial charge on any atom is -0.454 e. The summed E-state index contributed by atoms with van der Waals surface area (Å²) in [4.78, 5) is 28.0. The van der Waals surface area contributed by atoms with E-state index in [-0.39, 0.29) is 30.6 Å². The minimum atomic E-state index is -0.445. The summed E-state index contributed by atoms with van der Waals surface area (Å²) < 4.78 is 25.8. The highest BCUT2D eigenvalue weighted by Gasteiger charge is 2.33. The number of aromatic nitrogens is 1. The van der Waals surface area contributed by atoms with Gasteiger partial charge >= 0.3 is 0 Å². The molecule has 1 amide bonds. The van der Waals surface area contributed by atoms with Crippen molar-refractivity contribution in [2.24, 2.45) is 7.05 Å². The molecule has 8 nitrogen and oxygen atoms in total. The van der Waals surface area contributed by atoms with E-state index in [2.05, 4.69) is 5.32 Å². The first kappa shape index (κ1) is 25.5. The molecule has 1 fully saturated rings. The summed E-state index contributed by atoms with van der Waals surface area (Å²) in [5, 5.41) is 12.9. The summed E-state index contributed by atoms with van der Waals surface area (Å²) in [6.07, 6.45) is 1.65. The van der Waals surface area contributed by atoms with E-state index < -0.39 is 5.56 Å². The molecule has 2 aliphatic rings. The molecule has 1 aromatic heterocycles. The molecule has 2 aliphatic heterocycles. The van der Waals surface area contributed by atoms with E-state index in [0.717, 1.165) is 22.9 Å². The molecule has 192 valence electrons. The zero-order valence-electron chi connectivity index (χ0n) is 20.4. The molecule has 5 rings (SSSR count). The van der Waals surface area contributed by atoms with Gasteiger partial charge in [-0.1, -0.05) is 42.2 Å². The van der Waals surface area contributed by atoms with E-state index in [0.29, 0.717) is 44.2 Å². The Hall–Kier alpha value is -4.14. The Morgan fingerprint density at radius 3 is 2.61 bits per heavy atom. The van der Waals surface area contributed by atoms with E-state index in [9.17, 15) is 19.2 Å². The second-order valence-electron chi connectivity index (χ2n) is 8.67. The molecule has 3 heterocycles. The van der Waals surface area contributed by atoms with Crippen LogP contribution in [0.3, 0.4) is 0 Å². The van der Waals surface area contributed by atoms with Crippen molar-refractivity contribution < 1.29 is 18.7 Å². The Morgan fingerprint density at radius 1 is 1.16 bits per heavy atom. The van der Waals surface area contributed by atoms with Gasteiger partial charge in [-0.15, -0.1) is 0 Å².